The number of hydrogen-bond acceptors (Lipinski definition) is 0. The minimum Gasteiger partial charge on any atom is -1.00 e. The van der Waals surface area contributed by atoms with Crippen molar-refractivity contribution in [2.24, 2.45) is 0 Å². The Balaban J connectivity index is 0. The van der Waals surface area contributed by atoms with E-state index in [1.54, 1.807) is 0 Å². The zero-order chi connectivity index (χ0) is 0. The first kappa shape index (κ1) is 120. The molecule has 0 N–H and O–H groups in total. The molecule has 0 amide bonds. The van der Waals surface area contributed by atoms with Gasteiger partial charge in [-0.25, -0.2) is 0 Å². The van der Waals surface area contributed by atoms with E-state index in [1.807, 2.05) is 0 Å². The second-order valence-electron chi connectivity index (χ2n) is 0. The van der Waals surface area contributed by atoms with Crippen LogP contribution in [0.1, 0.15) is 2.85 Å². The summed E-state index contributed by atoms with van der Waals surface area (Å²) in [6.45, 7) is 0. The molecule has 0 unspecified atom stereocenters. The van der Waals surface area contributed by atoms with Gasteiger partial charge in [-0.15, -0.1) is 0 Å². The summed E-state index contributed by atoms with van der Waals surface area (Å²) in [4.78, 5) is 0. The molecule has 0 bridgehead atoms. The van der Waals surface area contributed by atoms with Gasteiger partial charge >= 0.3 is 59.1 Å². The van der Waals surface area contributed by atoms with E-state index in [1.165, 1.54) is 0 Å². The van der Waals surface area contributed by atoms with E-state index in [4.69, 9.17) is 0 Å². The maximum Gasteiger partial charge on any atom is 1.00 e. The fraction of sp³-hybridized carbons (Fsp3) is 0. The van der Waals surface area contributed by atoms with Crippen LogP contribution in [0, 0.1) is 0 Å². The van der Waals surface area contributed by atoms with Gasteiger partial charge in [-0.1, -0.05) is 0 Å². The molecule has 0 saturated carbocycles. The molecule has 0 spiro atoms. The zero-order valence-corrected chi connectivity index (χ0v) is 8.89. The molecule has 7 heavy (non-hydrogen) atoms. The normalized spacial score (nSPS) is 0. The summed E-state index contributed by atoms with van der Waals surface area (Å²) in [5, 5.41) is 0. The summed E-state index contributed by atoms with van der Waals surface area (Å²) in [5.41, 5.74) is 0. The van der Waals surface area contributed by atoms with E-state index in [0.29, 0.717) is 0 Å². The van der Waals surface area contributed by atoms with Crippen molar-refractivity contribution < 1.29 is 62.0 Å². The van der Waals surface area contributed by atoms with Crippen molar-refractivity contribution in [2.75, 3.05) is 0 Å². The third-order valence-electron chi connectivity index (χ3n) is 0. The monoisotopic (exact) mass is 103 g/mol. The third kappa shape index (κ3) is 61.6. The summed E-state index contributed by atoms with van der Waals surface area (Å²) < 4.78 is 0. The molecule has 0 heterocycles. The first-order valence-electron chi connectivity index (χ1n) is 0. The minimum atomic E-state index is 0. The molecule has 0 aromatic carbocycles. The number of rotatable bonds is 0. The van der Waals surface area contributed by atoms with Crippen LogP contribution >= 0.6 is 0 Å². The van der Waals surface area contributed by atoms with E-state index < -0.39 is 0 Å². The van der Waals surface area contributed by atoms with E-state index in [9.17, 15) is 0 Å². The van der Waals surface area contributed by atoms with Gasteiger partial charge in [0.1, 0.15) is 0 Å². The quantitative estimate of drug-likeness (QED) is 0.266. The zero-order valence-electron chi connectivity index (χ0n) is 6.89. The van der Waals surface area contributed by atoms with Crippen molar-refractivity contribution in [3.8, 4) is 0 Å². The van der Waals surface area contributed by atoms with Gasteiger partial charge in [0.25, 0.3) is 0 Å². The summed E-state index contributed by atoms with van der Waals surface area (Å²) in [6, 6.07) is 0. The molecule has 0 fully saturated rings. The Hall–Kier alpha value is 2.32. The first-order chi connectivity index (χ1) is 0. The molecule has 0 aliphatic rings. The van der Waals surface area contributed by atoms with Crippen molar-refractivity contribution in [1.29, 1.82) is 0 Å². The SMILES string of the molecule is [B].[B].[B].[B].[B].[H-].[H-].[Na+].[Na+]. The van der Waals surface area contributed by atoms with Gasteiger partial charge < -0.3 is 2.85 Å². The molecule has 0 nitrogen and oxygen atoms in total. The maximum absolute atomic E-state index is 0. The summed E-state index contributed by atoms with van der Waals surface area (Å²) >= 11 is 0. The molecule has 0 rings (SSSR count). The molecule has 0 saturated heterocycles. The smallest absolute Gasteiger partial charge is 1.00 e. The second kappa shape index (κ2) is 82.6. The molecular weight excluding hydrogens is 100 g/mol. The topological polar surface area (TPSA) is 0 Å². The fourth-order valence-corrected chi connectivity index (χ4v) is 0. The van der Waals surface area contributed by atoms with Gasteiger partial charge in [0.05, 0.1) is 0 Å². The average Bonchev–Trinajstić information content (AvgIpc) is 0. The predicted molar refractivity (Wildman–Crippen MR) is 31.0 cm³/mol. The number of hydrogen-bond donors (Lipinski definition) is 0. The molecule has 15 radical (unpaired) electrons. The van der Waals surface area contributed by atoms with Crippen LogP contribution < -0.4 is 59.1 Å². The van der Waals surface area contributed by atoms with E-state index >= 15 is 0 Å². The molecule has 7 heteroatoms. The maximum atomic E-state index is 0. The van der Waals surface area contributed by atoms with Crippen molar-refractivity contribution in [3.05, 3.63) is 0 Å². The van der Waals surface area contributed by atoms with Gasteiger partial charge in [-0.3, -0.25) is 0 Å². The Morgan fingerprint density at radius 1 is 0.429 bits per heavy atom. The van der Waals surface area contributed by atoms with Crippen LogP contribution in [0.3, 0.4) is 0 Å². The van der Waals surface area contributed by atoms with Gasteiger partial charge in [0.15, 0.2) is 0 Å². The average molecular weight is 102 g/mol. The largest absolute Gasteiger partial charge is 1.00 e. The molecule has 0 aliphatic carbocycles. The van der Waals surface area contributed by atoms with Crippen LogP contribution in [-0.4, -0.2) is 42.1 Å². The van der Waals surface area contributed by atoms with E-state index in [2.05, 4.69) is 0 Å². The molecule has 0 aromatic rings. The van der Waals surface area contributed by atoms with Crippen molar-refractivity contribution in [3.63, 3.8) is 0 Å². The van der Waals surface area contributed by atoms with Crippen LogP contribution in [0.25, 0.3) is 0 Å². The van der Waals surface area contributed by atoms with Gasteiger partial charge in [0.2, 0.25) is 0 Å². The van der Waals surface area contributed by atoms with Gasteiger partial charge in [0, 0.05) is 42.1 Å². The molecular formula is H2B5Na2. The Morgan fingerprint density at radius 2 is 0.429 bits per heavy atom. The van der Waals surface area contributed by atoms with Gasteiger partial charge in [-0.05, 0) is 0 Å². The Kier molecular flexibility index (Phi) is 1410. The Morgan fingerprint density at radius 3 is 0.429 bits per heavy atom. The molecule has 0 atom stereocenters. The van der Waals surface area contributed by atoms with Crippen molar-refractivity contribution >= 4 is 42.1 Å². The summed E-state index contributed by atoms with van der Waals surface area (Å²) in [7, 11) is 0. The van der Waals surface area contributed by atoms with Crippen LogP contribution in [0.15, 0.2) is 0 Å². The molecule has 19 valence electrons. The molecule has 0 aliphatic heterocycles. The van der Waals surface area contributed by atoms with Gasteiger partial charge in [-0.2, -0.15) is 0 Å². The third-order valence-corrected chi connectivity index (χ3v) is 0. The standard InChI is InChI=1S/5B.2Na.2H/q;;;;;2*+1;2*-1. The minimum absolute atomic E-state index is 0. The first-order valence-corrected chi connectivity index (χ1v) is 0. The Labute approximate surface area is 103 Å². The van der Waals surface area contributed by atoms with E-state index in [-0.39, 0.29) is 104 Å². The second-order valence-corrected chi connectivity index (χ2v) is 0. The summed E-state index contributed by atoms with van der Waals surface area (Å²) in [6.07, 6.45) is 0. The predicted octanol–water partition coefficient (Wildman–Crippen LogP) is -7.67. The van der Waals surface area contributed by atoms with Crippen molar-refractivity contribution in [1.82, 2.24) is 0 Å². The molecule has 0 aromatic heterocycles. The van der Waals surface area contributed by atoms with Crippen LogP contribution in [-0.2, 0) is 0 Å². The van der Waals surface area contributed by atoms with Crippen LogP contribution in [0.2, 0.25) is 0 Å². The fourth-order valence-electron chi connectivity index (χ4n) is 0. The summed E-state index contributed by atoms with van der Waals surface area (Å²) in [5.74, 6) is 0. The van der Waals surface area contributed by atoms with E-state index in [0.717, 1.165) is 0 Å². The van der Waals surface area contributed by atoms with Crippen LogP contribution in [0.5, 0.6) is 0 Å². The van der Waals surface area contributed by atoms with Crippen molar-refractivity contribution in [2.45, 2.75) is 0 Å². The van der Waals surface area contributed by atoms with Crippen LogP contribution in [0.4, 0.5) is 0 Å². The Bertz CT molecular complexity index is 12.9.